The second kappa shape index (κ2) is 5.97. The third kappa shape index (κ3) is 3.19. The summed E-state index contributed by atoms with van der Waals surface area (Å²) in [6, 6.07) is -0.0101. The molecule has 2 atom stereocenters. The van der Waals surface area contributed by atoms with Crippen LogP contribution in [-0.4, -0.2) is 31.8 Å². The Morgan fingerprint density at radius 1 is 1.58 bits per heavy atom. The number of hydrogen-bond donors (Lipinski definition) is 1. The van der Waals surface area contributed by atoms with Crippen LogP contribution in [0.5, 0.6) is 0 Å². The lowest BCUT2D eigenvalue weighted by atomic mass is 10.2. The van der Waals surface area contributed by atoms with Gasteiger partial charge in [-0.25, -0.2) is 4.79 Å². The van der Waals surface area contributed by atoms with E-state index in [0.29, 0.717) is 13.0 Å². The summed E-state index contributed by atoms with van der Waals surface area (Å²) in [7, 11) is 1.34. The largest absolute Gasteiger partial charge is 0.467 e. The second-order valence-corrected chi connectivity index (χ2v) is 2.34. The van der Waals surface area contributed by atoms with Crippen molar-refractivity contribution in [2.45, 2.75) is 32.4 Å². The molecule has 0 aliphatic carbocycles. The molecule has 4 nitrogen and oxygen atoms in total. The Morgan fingerprint density at radius 2 is 2.17 bits per heavy atom. The number of esters is 1. The van der Waals surface area contributed by atoms with Gasteiger partial charge >= 0.3 is 5.97 Å². The van der Waals surface area contributed by atoms with Gasteiger partial charge in [0.05, 0.1) is 13.7 Å². The van der Waals surface area contributed by atoms with Gasteiger partial charge in [-0.05, 0) is 0 Å². The number of methoxy groups -OCH3 is 1. The smallest absolute Gasteiger partial charge is 0.335 e. The number of nitrogens with two attached hydrogens (primary N) is 1. The standard InChI is InChI=1S/C6H11NO3.C2H6/c1-9-6(8)5-2-4(7)3-10-5;1-2/h4-5H,2-3,7H2,1H3;1-2H3/t4-,5-;/m1./s1. The molecule has 0 aromatic carbocycles. The first kappa shape index (κ1) is 11.4. The summed E-state index contributed by atoms with van der Waals surface area (Å²) in [5.74, 6) is -0.326. The first-order valence-corrected chi connectivity index (χ1v) is 4.19. The van der Waals surface area contributed by atoms with Crippen LogP contribution in [0.25, 0.3) is 0 Å². The SMILES string of the molecule is CC.COC(=O)[C@H]1C[C@@H](N)CO1. The van der Waals surface area contributed by atoms with E-state index in [0.717, 1.165) is 0 Å². The highest BCUT2D eigenvalue weighted by Gasteiger charge is 2.29. The lowest BCUT2D eigenvalue weighted by Gasteiger charge is -2.04. The van der Waals surface area contributed by atoms with Crippen LogP contribution < -0.4 is 5.73 Å². The molecule has 2 N–H and O–H groups in total. The van der Waals surface area contributed by atoms with Crippen LogP contribution in [0.15, 0.2) is 0 Å². The van der Waals surface area contributed by atoms with Gasteiger partial charge < -0.3 is 15.2 Å². The van der Waals surface area contributed by atoms with Crippen LogP contribution in [0, 0.1) is 0 Å². The minimum absolute atomic E-state index is 0.0101. The van der Waals surface area contributed by atoms with Crippen molar-refractivity contribution in [3.63, 3.8) is 0 Å². The third-order valence-corrected chi connectivity index (χ3v) is 1.49. The molecule has 4 heteroatoms. The zero-order valence-electron chi connectivity index (χ0n) is 7.87. The van der Waals surface area contributed by atoms with E-state index < -0.39 is 6.10 Å². The maximum absolute atomic E-state index is 10.8. The molecule has 0 saturated carbocycles. The average molecular weight is 175 g/mol. The maximum atomic E-state index is 10.8. The number of hydrogen-bond acceptors (Lipinski definition) is 4. The van der Waals surface area contributed by atoms with Gasteiger partial charge in [0.15, 0.2) is 6.10 Å². The van der Waals surface area contributed by atoms with Gasteiger partial charge in [-0.3, -0.25) is 0 Å². The van der Waals surface area contributed by atoms with E-state index in [1.165, 1.54) is 7.11 Å². The van der Waals surface area contributed by atoms with Crippen molar-refractivity contribution in [1.29, 1.82) is 0 Å². The normalized spacial score (nSPS) is 27.3. The molecule has 12 heavy (non-hydrogen) atoms. The molecule has 1 fully saturated rings. The van der Waals surface area contributed by atoms with Crippen molar-refractivity contribution < 1.29 is 14.3 Å². The highest BCUT2D eigenvalue weighted by molar-refractivity contribution is 5.74. The van der Waals surface area contributed by atoms with Crippen molar-refractivity contribution in [3.05, 3.63) is 0 Å². The van der Waals surface area contributed by atoms with Gasteiger partial charge in [0.1, 0.15) is 0 Å². The fourth-order valence-corrected chi connectivity index (χ4v) is 0.947. The number of ether oxygens (including phenoxy) is 2. The third-order valence-electron chi connectivity index (χ3n) is 1.49. The fourth-order valence-electron chi connectivity index (χ4n) is 0.947. The van der Waals surface area contributed by atoms with E-state index >= 15 is 0 Å². The molecule has 0 unspecified atom stereocenters. The summed E-state index contributed by atoms with van der Waals surface area (Å²) in [4.78, 5) is 10.8. The zero-order chi connectivity index (χ0) is 9.56. The highest BCUT2D eigenvalue weighted by Crippen LogP contribution is 2.11. The topological polar surface area (TPSA) is 61.5 Å². The van der Waals surface area contributed by atoms with Crippen LogP contribution >= 0.6 is 0 Å². The summed E-state index contributed by atoms with van der Waals surface area (Å²) < 4.78 is 9.48. The van der Waals surface area contributed by atoms with E-state index in [-0.39, 0.29) is 12.0 Å². The lowest BCUT2D eigenvalue weighted by molar-refractivity contribution is -0.151. The molecule has 0 radical (unpaired) electrons. The predicted octanol–water partition coefficient (Wildman–Crippen LogP) is 0.302. The molecule has 1 aliphatic rings. The summed E-state index contributed by atoms with van der Waals surface area (Å²) in [6.07, 6.45) is 0.146. The van der Waals surface area contributed by atoms with Gasteiger partial charge in [-0.15, -0.1) is 0 Å². The van der Waals surface area contributed by atoms with Crippen molar-refractivity contribution >= 4 is 5.97 Å². The molecular weight excluding hydrogens is 158 g/mol. The zero-order valence-corrected chi connectivity index (χ0v) is 7.87. The Hall–Kier alpha value is -0.610. The maximum Gasteiger partial charge on any atom is 0.335 e. The van der Waals surface area contributed by atoms with Crippen molar-refractivity contribution in [2.75, 3.05) is 13.7 Å². The number of carbonyl (C=O) groups excluding carboxylic acids is 1. The van der Waals surface area contributed by atoms with Gasteiger partial charge in [0.25, 0.3) is 0 Å². The average Bonchev–Trinajstić information content (AvgIpc) is 2.54. The Labute approximate surface area is 73.0 Å². The summed E-state index contributed by atoms with van der Waals surface area (Å²) >= 11 is 0. The molecule has 0 amide bonds. The quantitative estimate of drug-likeness (QED) is 0.582. The van der Waals surface area contributed by atoms with Crippen LogP contribution in [0.4, 0.5) is 0 Å². The van der Waals surface area contributed by atoms with E-state index in [1.54, 1.807) is 0 Å². The van der Waals surface area contributed by atoms with Crippen molar-refractivity contribution in [2.24, 2.45) is 5.73 Å². The predicted molar refractivity (Wildman–Crippen MR) is 45.7 cm³/mol. The molecule has 72 valence electrons. The monoisotopic (exact) mass is 175 g/mol. The molecular formula is C8H17NO3. The van der Waals surface area contributed by atoms with Gasteiger partial charge in [-0.2, -0.15) is 0 Å². The van der Waals surface area contributed by atoms with Crippen LogP contribution in [0.3, 0.4) is 0 Å². The van der Waals surface area contributed by atoms with E-state index in [4.69, 9.17) is 10.5 Å². The Morgan fingerprint density at radius 3 is 2.50 bits per heavy atom. The minimum atomic E-state index is -0.431. The first-order valence-electron chi connectivity index (χ1n) is 4.19. The molecule has 1 rings (SSSR count). The summed E-state index contributed by atoms with van der Waals surface area (Å²) in [6.45, 7) is 4.46. The molecule has 0 spiro atoms. The molecule has 0 aromatic heterocycles. The highest BCUT2D eigenvalue weighted by atomic mass is 16.6. The molecule has 1 heterocycles. The van der Waals surface area contributed by atoms with Gasteiger partial charge in [0, 0.05) is 12.5 Å². The van der Waals surface area contributed by atoms with Crippen molar-refractivity contribution in [1.82, 2.24) is 0 Å². The summed E-state index contributed by atoms with van der Waals surface area (Å²) in [5.41, 5.74) is 5.48. The van der Waals surface area contributed by atoms with Crippen LogP contribution in [-0.2, 0) is 14.3 Å². The van der Waals surface area contributed by atoms with Gasteiger partial charge in [-0.1, -0.05) is 13.8 Å². The number of carbonyl (C=O) groups is 1. The lowest BCUT2D eigenvalue weighted by Crippen LogP contribution is -2.23. The molecule has 1 aliphatic heterocycles. The van der Waals surface area contributed by atoms with Gasteiger partial charge in [0.2, 0.25) is 0 Å². The van der Waals surface area contributed by atoms with E-state index in [1.807, 2.05) is 13.8 Å². The van der Waals surface area contributed by atoms with Crippen LogP contribution in [0.1, 0.15) is 20.3 Å². The van der Waals surface area contributed by atoms with E-state index in [9.17, 15) is 4.79 Å². The Balaban J connectivity index is 0.000000561. The molecule has 1 saturated heterocycles. The van der Waals surface area contributed by atoms with Crippen LogP contribution in [0.2, 0.25) is 0 Å². The second-order valence-electron chi connectivity index (χ2n) is 2.34. The summed E-state index contributed by atoms with van der Waals surface area (Å²) in [5, 5.41) is 0. The minimum Gasteiger partial charge on any atom is -0.467 e. The van der Waals surface area contributed by atoms with E-state index in [2.05, 4.69) is 4.74 Å². The molecule has 0 bridgehead atoms. The Bertz CT molecular complexity index is 138. The molecule has 0 aromatic rings. The number of rotatable bonds is 1. The Kier molecular flexibility index (Phi) is 5.66. The van der Waals surface area contributed by atoms with Crippen molar-refractivity contribution in [3.8, 4) is 0 Å². The first-order chi connectivity index (χ1) is 5.74. The fraction of sp³-hybridized carbons (Fsp3) is 0.875.